The number of aromatic nitrogens is 1. The molecular weight excluding hydrogens is 404 g/mol. The summed E-state index contributed by atoms with van der Waals surface area (Å²) >= 11 is 0. The first-order valence-electron chi connectivity index (χ1n) is 11.0. The molecule has 1 aromatic heterocycles. The maximum atomic E-state index is 11.5. The molecule has 0 fully saturated rings. The van der Waals surface area contributed by atoms with Crippen molar-refractivity contribution in [2.24, 2.45) is 0 Å². The smallest absolute Gasteiger partial charge is 0.226 e. The predicted octanol–water partition coefficient (Wildman–Crippen LogP) is 3.39. The molecule has 0 saturated heterocycles. The van der Waals surface area contributed by atoms with E-state index in [0.717, 1.165) is 40.3 Å². The number of quaternary nitrogens is 1. The van der Waals surface area contributed by atoms with E-state index in [2.05, 4.69) is 33.3 Å². The zero-order valence-electron chi connectivity index (χ0n) is 19.2. The van der Waals surface area contributed by atoms with E-state index in [0.29, 0.717) is 29.8 Å². The summed E-state index contributed by atoms with van der Waals surface area (Å²) in [7, 11) is 6.35. The van der Waals surface area contributed by atoms with Gasteiger partial charge in [-0.3, -0.25) is 4.48 Å². The topological polar surface area (TPSA) is 75.4 Å². The van der Waals surface area contributed by atoms with Crippen LogP contribution in [0.2, 0.25) is 0 Å². The number of ether oxygens (including phenoxy) is 1. The fraction of sp³-hybridized carbons (Fsp3) is 0.385. The van der Waals surface area contributed by atoms with E-state index in [9.17, 15) is 9.90 Å². The quantitative estimate of drug-likeness (QED) is 0.508. The highest BCUT2D eigenvalue weighted by Crippen LogP contribution is 2.42. The summed E-state index contributed by atoms with van der Waals surface area (Å²) in [6, 6.07) is 16.1. The maximum absolute atomic E-state index is 11.5. The van der Waals surface area contributed by atoms with Crippen LogP contribution in [0.15, 0.2) is 52.9 Å². The SMILES string of the molecule is Cc1oc(-c2cccc([N+](C)(C)C)c2)nc1CCO[C@]1(CC(=O)[O-])CCc2ccccc21. The molecule has 4 rings (SSSR count). The van der Waals surface area contributed by atoms with Crippen molar-refractivity contribution in [3.8, 4) is 11.5 Å². The van der Waals surface area contributed by atoms with Gasteiger partial charge in [-0.2, -0.15) is 0 Å². The van der Waals surface area contributed by atoms with Crippen molar-refractivity contribution in [3.05, 3.63) is 71.1 Å². The third-order valence-corrected chi connectivity index (χ3v) is 6.21. The molecule has 0 aliphatic heterocycles. The van der Waals surface area contributed by atoms with Crippen LogP contribution in [0.1, 0.15) is 35.4 Å². The monoisotopic (exact) mass is 434 g/mol. The van der Waals surface area contributed by atoms with Crippen LogP contribution in [0, 0.1) is 6.92 Å². The number of rotatable bonds is 8. The van der Waals surface area contributed by atoms with Crippen molar-refractivity contribution < 1.29 is 19.1 Å². The van der Waals surface area contributed by atoms with Crippen LogP contribution in [0.3, 0.4) is 0 Å². The van der Waals surface area contributed by atoms with Gasteiger partial charge in [-0.1, -0.05) is 30.3 Å². The average molecular weight is 435 g/mol. The number of carboxylic acids is 1. The summed E-state index contributed by atoms with van der Waals surface area (Å²) in [6.45, 7) is 2.25. The van der Waals surface area contributed by atoms with E-state index in [1.54, 1.807) is 0 Å². The molecule has 0 amide bonds. The van der Waals surface area contributed by atoms with E-state index in [1.807, 2.05) is 43.3 Å². The highest BCUT2D eigenvalue weighted by atomic mass is 16.5. The average Bonchev–Trinajstić information content (AvgIpc) is 3.29. The number of nitrogens with zero attached hydrogens (tertiary/aromatic N) is 2. The minimum atomic E-state index is -1.10. The van der Waals surface area contributed by atoms with Crippen molar-refractivity contribution in [2.45, 2.75) is 38.2 Å². The molecule has 0 bridgehead atoms. The van der Waals surface area contributed by atoms with Gasteiger partial charge >= 0.3 is 0 Å². The van der Waals surface area contributed by atoms with Gasteiger partial charge in [0.1, 0.15) is 11.4 Å². The summed E-state index contributed by atoms with van der Waals surface area (Å²) in [5, 5.41) is 11.5. The van der Waals surface area contributed by atoms with Crippen LogP contribution < -0.4 is 9.59 Å². The van der Waals surface area contributed by atoms with Gasteiger partial charge in [0, 0.05) is 30.4 Å². The van der Waals surface area contributed by atoms with E-state index in [-0.39, 0.29) is 6.42 Å². The Labute approximate surface area is 189 Å². The van der Waals surface area contributed by atoms with Gasteiger partial charge in [0.25, 0.3) is 0 Å². The highest BCUT2D eigenvalue weighted by molar-refractivity contribution is 5.67. The van der Waals surface area contributed by atoms with Crippen LogP contribution in [0.5, 0.6) is 0 Å². The first-order valence-corrected chi connectivity index (χ1v) is 11.0. The van der Waals surface area contributed by atoms with E-state index >= 15 is 0 Å². The van der Waals surface area contributed by atoms with Crippen LogP contribution in [-0.2, 0) is 28.0 Å². The molecule has 0 unspecified atom stereocenters. The van der Waals surface area contributed by atoms with Crippen molar-refractivity contribution in [3.63, 3.8) is 0 Å². The number of carbonyl (C=O) groups excluding carboxylic acids is 1. The number of hydrogen-bond acceptors (Lipinski definition) is 5. The summed E-state index contributed by atoms with van der Waals surface area (Å²) in [5.41, 5.74) is 4.18. The molecule has 2 aromatic carbocycles. The number of fused-ring (bicyclic) bond motifs is 1. The number of oxazole rings is 1. The second kappa shape index (κ2) is 8.52. The molecule has 0 spiro atoms. The van der Waals surface area contributed by atoms with Crippen molar-refractivity contribution in [1.82, 2.24) is 9.47 Å². The zero-order chi connectivity index (χ0) is 22.9. The number of aliphatic carboxylic acids is 1. The van der Waals surface area contributed by atoms with Crippen molar-refractivity contribution in [2.75, 3.05) is 27.7 Å². The molecule has 6 heteroatoms. The maximum Gasteiger partial charge on any atom is 0.226 e. The Morgan fingerprint density at radius 3 is 2.72 bits per heavy atom. The third-order valence-electron chi connectivity index (χ3n) is 6.21. The Kier molecular flexibility index (Phi) is 5.93. The largest absolute Gasteiger partial charge is 0.550 e. The number of aryl methyl sites for hydroxylation is 2. The first kappa shape index (κ1) is 22.2. The van der Waals surface area contributed by atoms with Gasteiger partial charge in [-0.25, -0.2) is 4.98 Å². The number of carbonyl (C=O) groups is 1. The van der Waals surface area contributed by atoms with Gasteiger partial charge in [-0.15, -0.1) is 0 Å². The van der Waals surface area contributed by atoms with E-state index < -0.39 is 11.6 Å². The second-order valence-corrected chi connectivity index (χ2v) is 9.38. The summed E-state index contributed by atoms with van der Waals surface area (Å²) in [6.07, 6.45) is 1.84. The first-order chi connectivity index (χ1) is 15.2. The standard InChI is InChI=1S/C26H30N2O4/c1-18-23(27-25(32-18)20-9-7-10-21(16-20)28(2,3)4)13-15-31-26(17-24(29)30)14-12-19-8-5-6-11-22(19)26/h5-11,16H,12-15,17H2,1-4H3/t26-/m0/s1. The lowest BCUT2D eigenvalue weighted by Crippen LogP contribution is -2.36. The van der Waals surface area contributed by atoms with Gasteiger partial charge in [-0.05, 0) is 43.0 Å². The Morgan fingerprint density at radius 2 is 1.97 bits per heavy atom. The fourth-order valence-electron chi connectivity index (χ4n) is 4.45. The molecule has 3 aromatic rings. The minimum absolute atomic E-state index is 0.148. The number of benzene rings is 2. The van der Waals surface area contributed by atoms with Crippen LogP contribution in [-0.4, -0.2) is 38.7 Å². The summed E-state index contributed by atoms with van der Waals surface area (Å²) in [5.74, 6) is 0.238. The molecule has 1 atom stereocenters. The molecular formula is C26H30N2O4. The minimum Gasteiger partial charge on any atom is -0.550 e. The Bertz CT molecular complexity index is 1130. The van der Waals surface area contributed by atoms with Crippen molar-refractivity contribution >= 4 is 11.7 Å². The van der Waals surface area contributed by atoms with Gasteiger partial charge < -0.3 is 19.1 Å². The number of carboxylic acid groups (broad SMARTS) is 1. The highest BCUT2D eigenvalue weighted by Gasteiger charge is 2.39. The lowest BCUT2D eigenvalue weighted by Gasteiger charge is -2.31. The normalized spacial score (nSPS) is 18.0. The second-order valence-electron chi connectivity index (χ2n) is 9.38. The molecule has 1 aliphatic rings. The van der Waals surface area contributed by atoms with Gasteiger partial charge in [0.15, 0.2) is 0 Å². The Morgan fingerprint density at radius 1 is 1.19 bits per heavy atom. The fourth-order valence-corrected chi connectivity index (χ4v) is 4.45. The lowest BCUT2D eigenvalue weighted by molar-refractivity contribution is -0.310. The third kappa shape index (κ3) is 4.47. The molecule has 32 heavy (non-hydrogen) atoms. The van der Waals surface area contributed by atoms with Crippen LogP contribution in [0.4, 0.5) is 5.69 Å². The molecule has 0 saturated carbocycles. The predicted molar refractivity (Wildman–Crippen MR) is 122 cm³/mol. The van der Waals surface area contributed by atoms with E-state index in [4.69, 9.17) is 14.1 Å². The molecule has 6 nitrogen and oxygen atoms in total. The van der Waals surface area contributed by atoms with Crippen molar-refractivity contribution in [1.29, 1.82) is 0 Å². The van der Waals surface area contributed by atoms with Crippen LogP contribution >= 0.6 is 0 Å². The van der Waals surface area contributed by atoms with Gasteiger partial charge in [0.05, 0.1) is 39.0 Å². The number of hydrogen-bond donors (Lipinski definition) is 0. The van der Waals surface area contributed by atoms with Crippen LogP contribution in [0.25, 0.3) is 11.5 Å². The zero-order valence-corrected chi connectivity index (χ0v) is 19.2. The summed E-state index contributed by atoms with van der Waals surface area (Å²) in [4.78, 5) is 16.2. The lowest BCUT2D eigenvalue weighted by atomic mass is 9.92. The molecule has 0 N–H and O–H groups in total. The van der Waals surface area contributed by atoms with E-state index in [1.165, 1.54) is 0 Å². The van der Waals surface area contributed by atoms with Gasteiger partial charge in [0.2, 0.25) is 5.89 Å². The Balaban J connectivity index is 1.50. The molecule has 0 radical (unpaired) electrons. The Hall–Kier alpha value is -2.96. The molecule has 1 heterocycles. The summed E-state index contributed by atoms with van der Waals surface area (Å²) < 4.78 is 12.9. The molecule has 168 valence electrons. The molecule has 1 aliphatic carbocycles.